The third kappa shape index (κ3) is 2.97. The standard InChI is InChI=1S/C24H19F3N2O3/c1-12-10-13-11-15(12)20-19(13)22(31)29(23(20)32)18-9-5-2-6-14(18)21(30)28-17-8-4-3-7-16(17)24(25,26)27/h2-10,13,15,19-20H,11H2,1H3,(H,28,30)/t13-,15+,19-,20+/m0/s1. The van der Waals surface area contributed by atoms with Crippen molar-refractivity contribution in [1.82, 2.24) is 0 Å². The van der Waals surface area contributed by atoms with Crippen LogP contribution in [0.25, 0.3) is 0 Å². The first-order chi connectivity index (χ1) is 15.2. The van der Waals surface area contributed by atoms with Crippen LogP contribution in [0.1, 0.15) is 29.3 Å². The van der Waals surface area contributed by atoms with E-state index < -0.39 is 35.2 Å². The Morgan fingerprint density at radius 3 is 2.41 bits per heavy atom. The van der Waals surface area contributed by atoms with Gasteiger partial charge in [-0.25, -0.2) is 4.90 Å². The second-order valence-electron chi connectivity index (χ2n) is 8.49. The zero-order valence-electron chi connectivity index (χ0n) is 17.0. The molecule has 1 N–H and O–H groups in total. The van der Waals surface area contributed by atoms with Crippen LogP contribution in [0, 0.1) is 23.7 Å². The number of hydrogen-bond acceptors (Lipinski definition) is 3. The maximum Gasteiger partial charge on any atom is 0.418 e. The number of imide groups is 1. The fourth-order valence-electron chi connectivity index (χ4n) is 5.40. The lowest BCUT2D eigenvalue weighted by Gasteiger charge is -2.21. The molecule has 32 heavy (non-hydrogen) atoms. The molecule has 0 spiro atoms. The van der Waals surface area contributed by atoms with Crippen molar-refractivity contribution in [1.29, 1.82) is 0 Å². The Labute approximate surface area is 181 Å². The Balaban J connectivity index is 1.48. The van der Waals surface area contributed by atoms with Crippen LogP contribution in [0.5, 0.6) is 0 Å². The fourth-order valence-corrected chi connectivity index (χ4v) is 5.40. The lowest BCUT2D eigenvalue weighted by molar-refractivity contribution is -0.137. The average molecular weight is 440 g/mol. The number of alkyl halides is 3. The second kappa shape index (κ2) is 7.05. The molecule has 2 fully saturated rings. The third-order valence-electron chi connectivity index (χ3n) is 6.75. The molecule has 2 aliphatic carbocycles. The maximum atomic E-state index is 13.3. The smallest absolute Gasteiger partial charge is 0.321 e. The fraction of sp³-hybridized carbons (Fsp3) is 0.292. The van der Waals surface area contributed by atoms with Gasteiger partial charge in [0, 0.05) is 0 Å². The van der Waals surface area contributed by atoms with Crippen molar-refractivity contribution in [3.63, 3.8) is 0 Å². The molecule has 4 atom stereocenters. The summed E-state index contributed by atoms with van der Waals surface area (Å²) in [6, 6.07) is 10.6. The lowest BCUT2D eigenvalue weighted by atomic mass is 9.82. The van der Waals surface area contributed by atoms with Crippen molar-refractivity contribution in [3.05, 3.63) is 71.3 Å². The van der Waals surface area contributed by atoms with E-state index in [4.69, 9.17) is 0 Å². The molecule has 1 heterocycles. The highest BCUT2D eigenvalue weighted by atomic mass is 19.4. The molecule has 5 nitrogen and oxygen atoms in total. The Morgan fingerprint density at radius 2 is 1.66 bits per heavy atom. The summed E-state index contributed by atoms with van der Waals surface area (Å²) in [5, 5.41) is 2.30. The van der Waals surface area contributed by atoms with E-state index in [0.29, 0.717) is 0 Å². The van der Waals surface area contributed by atoms with E-state index in [-0.39, 0.29) is 34.9 Å². The van der Waals surface area contributed by atoms with Crippen LogP contribution in [0.4, 0.5) is 24.5 Å². The van der Waals surface area contributed by atoms with E-state index >= 15 is 0 Å². The van der Waals surface area contributed by atoms with Gasteiger partial charge in [-0.1, -0.05) is 35.9 Å². The first kappa shape index (κ1) is 20.5. The second-order valence-corrected chi connectivity index (χ2v) is 8.49. The van der Waals surface area contributed by atoms with Crippen LogP contribution in [-0.4, -0.2) is 17.7 Å². The van der Waals surface area contributed by atoms with Gasteiger partial charge in [0.1, 0.15) is 0 Å². The highest BCUT2D eigenvalue weighted by molar-refractivity contribution is 6.25. The Kier molecular flexibility index (Phi) is 4.51. The summed E-state index contributed by atoms with van der Waals surface area (Å²) in [6.45, 7) is 1.96. The minimum absolute atomic E-state index is 0.00565. The van der Waals surface area contributed by atoms with E-state index in [2.05, 4.69) is 5.32 Å². The number of para-hydroxylation sites is 2. The molecule has 0 radical (unpaired) electrons. The SMILES string of the molecule is CC1=C[C@H]2C[C@H]1[C@H]1C(=O)N(c3ccccc3C(=O)Nc3ccccc3C(F)(F)F)C(=O)[C@H]12. The van der Waals surface area contributed by atoms with Crippen LogP contribution >= 0.6 is 0 Å². The van der Waals surface area contributed by atoms with Gasteiger partial charge in [0.25, 0.3) is 5.91 Å². The van der Waals surface area contributed by atoms with Crippen molar-refractivity contribution < 1.29 is 27.6 Å². The van der Waals surface area contributed by atoms with Crippen LogP contribution in [0.3, 0.4) is 0 Å². The molecule has 1 saturated heterocycles. The molecule has 164 valence electrons. The number of fused-ring (bicyclic) bond motifs is 5. The van der Waals surface area contributed by atoms with Gasteiger partial charge in [-0.15, -0.1) is 0 Å². The molecule has 5 rings (SSSR count). The van der Waals surface area contributed by atoms with Crippen molar-refractivity contribution in [3.8, 4) is 0 Å². The number of carbonyl (C=O) groups is 3. The topological polar surface area (TPSA) is 66.5 Å². The Hall–Kier alpha value is -3.42. The van der Waals surface area contributed by atoms with Crippen LogP contribution < -0.4 is 10.2 Å². The predicted molar refractivity (Wildman–Crippen MR) is 111 cm³/mol. The number of amides is 3. The number of nitrogens with zero attached hydrogens (tertiary/aromatic N) is 1. The van der Waals surface area contributed by atoms with E-state index in [0.717, 1.165) is 29.0 Å². The monoisotopic (exact) mass is 440 g/mol. The minimum Gasteiger partial charge on any atom is -0.321 e. The molecular formula is C24H19F3N2O3. The summed E-state index contributed by atoms with van der Waals surface area (Å²) < 4.78 is 40.0. The zero-order chi connectivity index (χ0) is 22.8. The highest BCUT2D eigenvalue weighted by Crippen LogP contribution is 2.56. The molecule has 0 unspecified atom stereocenters. The van der Waals surface area contributed by atoms with Crippen LogP contribution in [0.15, 0.2) is 60.2 Å². The highest BCUT2D eigenvalue weighted by Gasteiger charge is 2.61. The van der Waals surface area contributed by atoms with Gasteiger partial charge >= 0.3 is 6.18 Å². The van der Waals surface area contributed by atoms with E-state index in [1.165, 1.54) is 30.3 Å². The molecule has 1 saturated carbocycles. The molecule has 8 heteroatoms. The number of nitrogens with one attached hydrogen (secondary N) is 1. The number of carbonyl (C=O) groups excluding carboxylic acids is 3. The van der Waals surface area contributed by atoms with E-state index in [9.17, 15) is 27.6 Å². The average Bonchev–Trinajstić information content (AvgIpc) is 3.38. The molecular weight excluding hydrogens is 421 g/mol. The number of halogens is 3. The van der Waals surface area contributed by atoms with E-state index in [1.807, 2.05) is 13.0 Å². The van der Waals surface area contributed by atoms with Gasteiger partial charge in [0.15, 0.2) is 0 Å². The van der Waals surface area contributed by atoms with Gasteiger partial charge in [-0.3, -0.25) is 14.4 Å². The van der Waals surface area contributed by atoms with Gasteiger partial charge in [0.2, 0.25) is 11.8 Å². The number of hydrogen-bond donors (Lipinski definition) is 1. The molecule has 3 amide bonds. The third-order valence-corrected chi connectivity index (χ3v) is 6.75. The summed E-state index contributed by atoms with van der Waals surface area (Å²) in [5.74, 6) is -2.40. The van der Waals surface area contributed by atoms with Crippen molar-refractivity contribution in [2.24, 2.45) is 23.7 Å². The van der Waals surface area contributed by atoms with Crippen LogP contribution in [0.2, 0.25) is 0 Å². The molecule has 3 aliphatic rings. The molecule has 2 aromatic rings. The van der Waals surface area contributed by atoms with E-state index in [1.54, 1.807) is 6.07 Å². The van der Waals surface area contributed by atoms with Gasteiger partial charge in [-0.05, 0) is 49.4 Å². The van der Waals surface area contributed by atoms with Gasteiger partial charge in [-0.2, -0.15) is 13.2 Å². The Bertz CT molecular complexity index is 1190. The molecule has 0 aromatic heterocycles. The summed E-state index contributed by atoms with van der Waals surface area (Å²) >= 11 is 0. The zero-order valence-corrected chi connectivity index (χ0v) is 17.0. The van der Waals surface area contributed by atoms with Gasteiger partial charge < -0.3 is 5.32 Å². The molecule has 1 aliphatic heterocycles. The summed E-state index contributed by atoms with van der Waals surface area (Å²) in [4.78, 5) is 40.5. The normalized spacial score (nSPS) is 26.4. The lowest BCUT2D eigenvalue weighted by Crippen LogP contribution is -2.34. The van der Waals surface area contributed by atoms with Crippen molar-refractivity contribution >= 4 is 29.1 Å². The molecule has 2 bridgehead atoms. The Morgan fingerprint density at radius 1 is 1.00 bits per heavy atom. The first-order valence-corrected chi connectivity index (χ1v) is 10.3. The molecule has 2 aromatic carbocycles. The van der Waals surface area contributed by atoms with Gasteiger partial charge in [0.05, 0.1) is 34.3 Å². The predicted octanol–water partition coefficient (Wildman–Crippen LogP) is 4.66. The summed E-state index contributed by atoms with van der Waals surface area (Å²) in [6.07, 6.45) is -1.82. The van der Waals surface area contributed by atoms with Crippen LogP contribution in [-0.2, 0) is 15.8 Å². The minimum atomic E-state index is -4.65. The largest absolute Gasteiger partial charge is 0.418 e. The van der Waals surface area contributed by atoms with Crippen molar-refractivity contribution in [2.75, 3.05) is 10.2 Å². The number of anilines is 2. The summed E-state index contributed by atoms with van der Waals surface area (Å²) in [5.41, 5.74) is -0.214. The number of allylic oxidation sites excluding steroid dienone is 2. The van der Waals surface area contributed by atoms with Crippen molar-refractivity contribution in [2.45, 2.75) is 19.5 Å². The first-order valence-electron chi connectivity index (χ1n) is 10.3. The number of rotatable bonds is 3. The summed E-state index contributed by atoms with van der Waals surface area (Å²) in [7, 11) is 0. The quantitative estimate of drug-likeness (QED) is 0.558. The number of benzene rings is 2. The maximum absolute atomic E-state index is 13.3.